The van der Waals surface area contributed by atoms with Gasteiger partial charge in [0.2, 0.25) is 5.91 Å². The van der Waals surface area contributed by atoms with E-state index in [-0.39, 0.29) is 29.6 Å². The highest BCUT2D eigenvalue weighted by Gasteiger charge is 2.42. The number of carbonyl (C=O) groups excluding carboxylic acids is 2. The number of methoxy groups -OCH3 is 1. The molecule has 2 aliphatic heterocycles. The fraction of sp³-hybridized carbons (Fsp3) is 0.391. The maximum absolute atomic E-state index is 13.6. The van der Waals surface area contributed by atoms with Crippen LogP contribution in [0.2, 0.25) is 5.02 Å². The number of hydrogen-bond donors (Lipinski definition) is 0. The number of amides is 2. The topological polar surface area (TPSA) is 49.9 Å². The van der Waals surface area contributed by atoms with Crippen molar-refractivity contribution in [1.29, 1.82) is 0 Å². The number of benzene rings is 2. The molecule has 5 nitrogen and oxygen atoms in total. The van der Waals surface area contributed by atoms with Gasteiger partial charge >= 0.3 is 0 Å². The van der Waals surface area contributed by atoms with Gasteiger partial charge in [-0.3, -0.25) is 9.59 Å². The van der Waals surface area contributed by atoms with Crippen LogP contribution in [0.25, 0.3) is 0 Å². The van der Waals surface area contributed by atoms with E-state index in [1.165, 1.54) is 19.2 Å². The van der Waals surface area contributed by atoms with Gasteiger partial charge in [-0.05, 0) is 54.7 Å². The average molecular weight is 431 g/mol. The third-order valence-corrected chi connectivity index (χ3v) is 6.25. The standard InChI is InChI=1S/C23H24ClFN2O3/c1-30-21-9-8-17(24)11-19(21)23(29)26-13-16-5-3-7-22(28)27(20(16)14-26)12-15-4-2-6-18(25)10-15/h2,4,6,8-11,16,20H,3,5,7,12-14H2,1H3/t16-,20+/m1/s1. The molecule has 0 aromatic heterocycles. The smallest absolute Gasteiger partial charge is 0.257 e. The summed E-state index contributed by atoms with van der Waals surface area (Å²) in [6.45, 7) is 1.37. The van der Waals surface area contributed by atoms with Gasteiger partial charge < -0.3 is 14.5 Å². The molecule has 4 rings (SSSR count). The van der Waals surface area contributed by atoms with Crippen LogP contribution in [0.3, 0.4) is 0 Å². The third-order valence-electron chi connectivity index (χ3n) is 6.01. The van der Waals surface area contributed by atoms with E-state index in [0.717, 1.165) is 18.4 Å². The largest absolute Gasteiger partial charge is 0.496 e. The van der Waals surface area contributed by atoms with Gasteiger partial charge in [-0.1, -0.05) is 23.7 Å². The number of ether oxygens (including phenoxy) is 1. The van der Waals surface area contributed by atoms with Gasteiger partial charge in [0.15, 0.2) is 0 Å². The van der Waals surface area contributed by atoms with Crippen LogP contribution in [0.15, 0.2) is 42.5 Å². The maximum Gasteiger partial charge on any atom is 0.257 e. The molecule has 2 saturated heterocycles. The Bertz CT molecular complexity index is 967. The zero-order valence-corrected chi connectivity index (χ0v) is 17.6. The van der Waals surface area contributed by atoms with Crippen LogP contribution in [0.5, 0.6) is 5.75 Å². The van der Waals surface area contributed by atoms with Crippen molar-refractivity contribution in [2.45, 2.75) is 31.8 Å². The van der Waals surface area contributed by atoms with Crippen LogP contribution in [-0.2, 0) is 11.3 Å². The lowest BCUT2D eigenvalue weighted by atomic mass is 9.98. The van der Waals surface area contributed by atoms with Crippen molar-refractivity contribution in [2.75, 3.05) is 20.2 Å². The van der Waals surface area contributed by atoms with Crippen LogP contribution in [0, 0.1) is 11.7 Å². The zero-order chi connectivity index (χ0) is 21.3. The van der Waals surface area contributed by atoms with Gasteiger partial charge in [0.05, 0.1) is 18.7 Å². The summed E-state index contributed by atoms with van der Waals surface area (Å²) in [5.41, 5.74) is 1.18. The molecule has 0 spiro atoms. The normalized spacial score (nSPS) is 21.4. The fourth-order valence-corrected chi connectivity index (χ4v) is 4.73. The third kappa shape index (κ3) is 4.15. The summed E-state index contributed by atoms with van der Waals surface area (Å²) in [5.74, 6) is 0.257. The van der Waals surface area contributed by atoms with E-state index >= 15 is 0 Å². The lowest BCUT2D eigenvalue weighted by molar-refractivity contribution is -0.133. The Morgan fingerprint density at radius 1 is 1.23 bits per heavy atom. The van der Waals surface area contributed by atoms with E-state index in [1.807, 2.05) is 11.0 Å². The van der Waals surface area contributed by atoms with Gasteiger partial charge in [0, 0.05) is 31.1 Å². The number of fused-ring (bicyclic) bond motifs is 1. The summed E-state index contributed by atoms with van der Waals surface area (Å²) in [4.78, 5) is 29.7. The summed E-state index contributed by atoms with van der Waals surface area (Å²) in [6.07, 6.45) is 2.16. The average Bonchev–Trinajstić information content (AvgIpc) is 3.09. The summed E-state index contributed by atoms with van der Waals surface area (Å²) < 4.78 is 19.0. The molecule has 30 heavy (non-hydrogen) atoms. The zero-order valence-electron chi connectivity index (χ0n) is 16.8. The molecule has 2 aliphatic rings. The summed E-state index contributed by atoms with van der Waals surface area (Å²) >= 11 is 6.10. The van der Waals surface area contributed by atoms with Crippen molar-refractivity contribution >= 4 is 23.4 Å². The van der Waals surface area contributed by atoms with Gasteiger partial charge in [-0.25, -0.2) is 4.39 Å². The minimum Gasteiger partial charge on any atom is -0.496 e. The van der Waals surface area contributed by atoms with Crippen LogP contribution in [0.4, 0.5) is 4.39 Å². The second-order valence-electron chi connectivity index (χ2n) is 7.93. The van der Waals surface area contributed by atoms with E-state index in [1.54, 1.807) is 29.2 Å². The first-order valence-electron chi connectivity index (χ1n) is 10.1. The molecule has 0 saturated carbocycles. The predicted octanol–water partition coefficient (Wildman–Crippen LogP) is 4.14. The quantitative estimate of drug-likeness (QED) is 0.732. The highest BCUT2D eigenvalue weighted by Crippen LogP contribution is 2.34. The fourth-order valence-electron chi connectivity index (χ4n) is 4.56. The van der Waals surface area contributed by atoms with Gasteiger partial charge in [-0.15, -0.1) is 0 Å². The minimum absolute atomic E-state index is 0.0568. The van der Waals surface area contributed by atoms with Crippen molar-refractivity contribution in [2.24, 2.45) is 5.92 Å². The van der Waals surface area contributed by atoms with Crippen molar-refractivity contribution in [3.05, 3.63) is 64.4 Å². The molecule has 0 aliphatic carbocycles. The number of hydrogen-bond acceptors (Lipinski definition) is 3. The highest BCUT2D eigenvalue weighted by atomic mass is 35.5. The number of rotatable bonds is 4. The second-order valence-corrected chi connectivity index (χ2v) is 8.36. The molecule has 0 bridgehead atoms. The molecule has 0 N–H and O–H groups in total. The van der Waals surface area contributed by atoms with Crippen molar-refractivity contribution in [3.8, 4) is 5.75 Å². The van der Waals surface area contributed by atoms with Crippen molar-refractivity contribution < 1.29 is 18.7 Å². The van der Waals surface area contributed by atoms with Crippen molar-refractivity contribution in [3.63, 3.8) is 0 Å². The summed E-state index contributed by atoms with van der Waals surface area (Å²) in [6, 6.07) is 11.2. The molecule has 2 aromatic rings. The van der Waals surface area contributed by atoms with E-state index in [2.05, 4.69) is 0 Å². The summed E-state index contributed by atoms with van der Waals surface area (Å²) in [5, 5.41) is 0.468. The number of likely N-dealkylation sites (tertiary alicyclic amines) is 2. The Morgan fingerprint density at radius 2 is 2.07 bits per heavy atom. The molecule has 2 amide bonds. The predicted molar refractivity (Wildman–Crippen MR) is 112 cm³/mol. The Morgan fingerprint density at radius 3 is 2.83 bits per heavy atom. The first-order valence-corrected chi connectivity index (χ1v) is 10.5. The Kier molecular flexibility index (Phi) is 5.95. The first-order chi connectivity index (χ1) is 14.5. The Hall–Kier alpha value is -2.60. The molecule has 158 valence electrons. The molecule has 7 heteroatoms. The monoisotopic (exact) mass is 430 g/mol. The Labute approximate surface area is 180 Å². The van der Waals surface area contributed by atoms with E-state index in [9.17, 15) is 14.0 Å². The maximum atomic E-state index is 13.6. The van der Waals surface area contributed by atoms with E-state index < -0.39 is 0 Å². The van der Waals surface area contributed by atoms with Gasteiger partial charge in [0.1, 0.15) is 11.6 Å². The van der Waals surface area contributed by atoms with Crippen LogP contribution >= 0.6 is 11.6 Å². The molecule has 0 radical (unpaired) electrons. The molecule has 2 atom stereocenters. The van der Waals surface area contributed by atoms with Gasteiger partial charge in [-0.2, -0.15) is 0 Å². The van der Waals surface area contributed by atoms with Gasteiger partial charge in [0.25, 0.3) is 5.91 Å². The number of carbonyl (C=O) groups is 2. The number of halogens is 2. The molecule has 2 heterocycles. The minimum atomic E-state index is -0.317. The van der Waals surface area contributed by atoms with Crippen molar-refractivity contribution in [1.82, 2.24) is 9.80 Å². The van der Waals surface area contributed by atoms with Crippen LogP contribution in [-0.4, -0.2) is 47.9 Å². The molecular weight excluding hydrogens is 407 g/mol. The van der Waals surface area contributed by atoms with E-state index in [0.29, 0.717) is 42.4 Å². The Balaban J connectivity index is 1.58. The lowest BCUT2D eigenvalue weighted by Gasteiger charge is -2.30. The summed E-state index contributed by atoms with van der Waals surface area (Å²) in [7, 11) is 1.52. The first kappa shape index (κ1) is 20.7. The van der Waals surface area contributed by atoms with E-state index in [4.69, 9.17) is 16.3 Å². The molecular formula is C23H24ClFN2O3. The second kappa shape index (κ2) is 8.64. The molecule has 0 unspecified atom stereocenters. The molecule has 2 fully saturated rings. The van der Waals surface area contributed by atoms with Crippen LogP contribution < -0.4 is 4.74 Å². The lowest BCUT2D eigenvalue weighted by Crippen LogP contribution is -2.43. The highest BCUT2D eigenvalue weighted by molar-refractivity contribution is 6.31. The number of nitrogens with zero attached hydrogens (tertiary/aromatic N) is 2. The SMILES string of the molecule is COc1ccc(Cl)cc1C(=O)N1C[C@H]2CCCC(=O)N(Cc3cccc(F)c3)[C@H]2C1. The molecule has 2 aromatic carbocycles. The van der Waals surface area contributed by atoms with Crippen LogP contribution in [0.1, 0.15) is 35.2 Å².